The molecule has 2 rings (SSSR count). The Morgan fingerprint density at radius 1 is 1.28 bits per heavy atom. The van der Waals surface area contributed by atoms with Gasteiger partial charge in [0.05, 0.1) is 0 Å². The number of nitrogens with zero attached hydrogens (tertiary/aromatic N) is 2. The van der Waals surface area contributed by atoms with Gasteiger partial charge in [-0.3, -0.25) is 0 Å². The van der Waals surface area contributed by atoms with Gasteiger partial charge in [-0.25, -0.2) is 9.97 Å². The van der Waals surface area contributed by atoms with E-state index in [9.17, 15) is 0 Å². The Hall–Kier alpha value is -1.49. The minimum atomic E-state index is 0.534. The first-order valence-electron chi connectivity index (χ1n) is 6.34. The molecule has 1 heterocycles. The Labute approximate surface area is 113 Å². The van der Waals surface area contributed by atoms with Crippen molar-refractivity contribution in [2.24, 2.45) is 0 Å². The minimum absolute atomic E-state index is 0.534. The number of thiocarbonyl (C=S) groups is 1. The van der Waals surface area contributed by atoms with E-state index in [1.165, 1.54) is 25.7 Å². The molecule has 4 nitrogen and oxygen atoms in total. The lowest BCUT2D eigenvalue weighted by Crippen LogP contribution is -2.30. The van der Waals surface area contributed by atoms with Crippen LogP contribution in [0.5, 0.6) is 0 Å². The summed E-state index contributed by atoms with van der Waals surface area (Å²) >= 11 is 5.18. The van der Waals surface area contributed by atoms with E-state index in [1.54, 1.807) is 24.0 Å². The summed E-state index contributed by atoms with van der Waals surface area (Å²) in [6.07, 6.45) is 11.9. The highest BCUT2D eigenvalue weighted by Gasteiger charge is 2.04. The molecule has 96 valence electrons. The summed E-state index contributed by atoms with van der Waals surface area (Å²) in [5, 5.41) is 6.72. The van der Waals surface area contributed by atoms with Gasteiger partial charge in [0.15, 0.2) is 5.11 Å². The van der Waals surface area contributed by atoms with Crippen molar-refractivity contribution in [2.75, 3.05) is 11.9 Å². The molecule has 18 heavy (non-hydrogen) atoms. The number of allylic oxidation sites excluding steroid dienone is 1. The number of rotatable bonds is 4. The van der Waals surface area contributed by atoms with Gasteiger partial charge in [-0.05, 0) is 50.4 Å². The number of hydrogen-bond acceptors (Lipinski definition) is 3. The fraction of sp³-hybridized carbons (Fsp3) is 0.462. The van der Waals surface area contributed by atoms with Crippen LogP contribution in [0.15, 0.2) is 30.1 Å². The second kappa shape index (κ2) is 7.06. The van der Waals surface area contributed by atoms with Crippen LogP contribution in [0.2, 0.25) is 0 Å². The monoisotopic (exact) mass is 262 g/mol. The van der Waals surface area contributed by atoms with Crippen LogP contribution in [0, 0.1) is 0 Å². The first kappa shape index (κ1) is 13.0. The van der Waals surface area contributed by atoms with Crippen molar-refractivity contribution in [1.29, 1.82) is 0 Å². The molecule has 1 aliphatic rings. The van der Waals surface area contributed by atoms with Gasteiger partial charge in [-0.15, -0.1) is 0 Å². The second-order valence-electron chi connectivity index (χ2n) is 4.31. The van der Waals surface area contributed by atoms with Gasteiger partial charge in [-0.1, -0.05) is 11.6 Å². The Morgan fingerprint density at radius 3 is 2.83 bits per heavy atom. The van der Waals surface area contributed by atoms with Gasteiger partial charge in [0, 0.05) is 18.9 Å². The van der Waals surface area contributed by atoms with Crippen LogP contribution in [0.3, 0.4) is 0 Å². The first-order valence-corrected chi connectivity index (χ1v) is 6.75. The fourth-order valence-electron chi connectivity index (χ4n) is 1.98. The zero-order valence-electron chi connectivity index (χ0n) is 10.4. The van der Waals surface area contributed by atoms with Crippen LogP contribution < -0.4 is 10.6 Å². The summed E-state index contributed by atoms with van der Waals surface area (Å²) in [6, 6.07) is 1.78. The van der Waals surface area contributed by atoms with Gasteiger partial charge in [0.2, 0.25) is 5.95 Å². The van der Waals surface area contributed by atoms with E-state index in [4.69, 9.17) is 12.2 Å². The van der Waals surface area contributed by atoms with Gasteiger partial charge in [0.25, 0.3) is 0 Å². The highest BCUT2D eigenvalue weighted by Crippen LogP contribution is 2.19. The molecule has 0 amide bonds. The molecule has 2 N–H and O–H groups in total. The summed E-state index contributed by atoms with van der Waals surface area (Å²) in [4.78, 5) is 8.11. The van der Waals surface area contributed by atoms with E-state index in [0.717, 1.165) is 13.0 Å². The lowest BCUT2D eigenvalue weighted by molar-refractivity contribution is 0.669. The van der Waals surface area contributed by atoms with E-state index in [2.05, 4.69) is 26.7 Å². The predicted molar refractivity (Wildman–Crippen MR) is 77.4 cm³/mol. The standard InChI is InChI=1S/C13H18N4S/c18-13(17-12-14-8-4-9-15-12)16-10-7-11-5-2-1-3-6-11/h4-5,8-9H,1-3,6-7,10H2,(H2,14,15,16,17,18). The Morgan fingerprint density at radius 2 is 2.11 bits per heavy atom. The zero-order chi connectivity index (χ0) is 12.6. The summed E-state index contributed by atoms with van der Waals surface area (Å²) in [7, 11) is 0. The molecule has 1 aromatic heterocycles. The minimum Gasteiger partial charge on any atom is -0.362 e. The van der Waals surface area contributed by atoms with Crippen molar-refractivity contribution in [2.45, 2.75) is 32.1 Å². The lowest BCUT2D eigenvalue weighted by Gasteiger charge is -2.14. The summed E-state index contributed by atoms with van der Waals surface area (Å²) in [5.41, 5.74) is 1.55. The fourth-order valence-corrected chi connectivity index (χ4v) is 2.17. The van der Waals surface area contributed by atoms with Gasteiger partial charge in [0.1, 0.15) is 0 Å². The van der Waals surface area contributed by atoms with Crippen molar-refractivity contribution in [3.63, 3.8) is 0 Å². The van der Waals surface area contributed by atoms with Crippen LogP contribution in [0.1, 0.15) is 32.1 Å². The quantitative estimate of drug-likeness (QED) is 0.645. The molecule has 1 aliphatic carbocycles. The topological polar surface area (TPSA) is 49.8 Å². The molecule has 0 fully saturated rings. The Kier molecular flexibility index (Phi) is 5.08. The maximum absolute atomic E-state index is 5.18. The lowest BCUT2D eigenvalue weighted by atomic mass is 9.97. The summed E-state index contributed by atoms with van der Waals surface area (Å²) in [6.45, 7) is 0.866. The highest BCUT2D eigenvalue weighted by atomic mass is 32.1. The van der Waals surface area contributed by atoms with Gasteiger partial charge < -0.3 is 10.6 Å². The number of anilines is 1. The van der Waals surface area contributed by atoms with E-state index in [-0.39, 0.29) is 0 Å². The smallest absolute Gasteiger partial charge is 0.228 e. The molecule has 0 saturated heterocycles. The van der Waals surface area contributed by atoms with Crippen molar-refractivity contribution in [3.8, 4) is 0 Å². The van der Waals surface area contributed by atoms with Crippen molar-refractivity contribution in [3.05, 3.63) is 30.1 Å². The van der Waals surface area contributed by atoms with Crippen LogP contribution in [-0.2, 0) is 0 Å². The molecule has 0 bridgehead atoms. The normalized spacial score (nSPS) is 14.8. The van der Waals surface area contributed by atoms with Crippen molar-refractivity contribution in [1.82, 2.24) is 15.3 Å². The molecule has 0 saturated carbocycles. The van der Waals surface area contributed by atoms with E-state index in [1.807, 2.05) is 0 Å². The molecule has 0 aromatic carbocycles. The highest BCUT2D eigenvalue weighted by molar-refractivity contribution is 7.80. The average molecular weight is 262 g/mol. The molecular weight excluding hydrogens is 244 g/mol. The van der Waals surface area contributed by atoms with Crippen LogP contribution in [-0.4, -0.2) is 21.6 Å². The molecule has 0 spiro atoms. The van der Waals surface area contributed by atoms with Crippen molar-refractivity contribution < 1.29 is 0 Å². The maximum atomic E-state index is 5.18. The third-order valence-corrected chi connectivity index (χ3v) is 3.15. The SMILES string of the molecule is S=C(NCCC1=CCCCC1)Nc1ncccn1. The number of nitrogens with one attached hydrogen (secondary N) is 2. The van der Waals surface area contributed by atoms with E-state index < -0.39 is 0 Å². The molecular formula is C13H18N4S. The van der Waals surface area contributed by atoms with E-state index >= 15 is 0 Å². The maximum Gasteiger partial charge on any atom is 0.228 e. The first-order chi connectivity index (χ1) is 8.84. The van der Waals surface area contributed by atoms with Crippen LogP contribution >= 0.6 is 12.2 Å². The molecule has 0 aliphatic heterocycles. The largest absolute Gasteiger partial charge is 0.362 e. The third kappa shape index (κ3) is 4.41. The third-order valence-electron chi connectivity index (χ3n) is 2.91. The van der Waals surface area contributed by atoms with Crippen LogP contribution in [0.4, 0.5) is 5.95 Å². The van der Waals surface area contributed by atoms with E-state index in [0.29, 0.717) is 11.1 Å². The second-order valence-corrected chi connectivity index (χ2v) is 4.72. The van der Waals surface area contributed by atoms with Gasteiger partial charge in [-0.2, -0.15) is 0 Å². The molecule has 0 radical (unpaired) electrons. The number of aromatic nitrogens is 2. The van der Waals surface area contributed by atoms with Gasteiger partial charge >= 0.3 is 0 Å². The Balaban J connectivity index is 1.67. The zero-order valence-corrected chi connectivity index (χ0v) is 11.2. The predicted octanol–water partition coefficient (Wildman–Crippen LogP) is 2.65. The molecule has 0 unspecified atom stereocenters. The molecule has 0 atom stereocenters. The summed E-state index contributed by atoms with van der Waals surface area (Å²) in [5.74, 6) is 0.534. The number of hydrogen-bond donors (Lipinski definition) is 2. The average Bonchev–Trinajstić information content (AvgIpc) is 2.41. The molecule has 5 heteroatoms. The van der Waals surface area contributed by atoms with Crippen LogP contribution in [0.25, 0.3) is 0 Å². The Bertz CT molecular complexity index is 416. The summed E-state index contributed by atoms with van der Waals surface area (Å²) < 4.78 is 0. The molecule has 1 aromatic rings. The van der Waals surface area contributed by atoms with Crippen molar-refractivity contribution >= 4 is 23.3 Å².